The van der Waals surface area contributed by atoms with Crippen molar-refractivity contribution in [2.75, 3.05) is 13.7 Å². The Bertz CT molecular complexity index is 644. The minimum absolute atomic E-state index is 0.0655. The zero-order valence-corrected chi connectivity index (χ0v) is 14.4. The predicted molar refractivity (Wildman–Crippen MR) is 93.6 cm³/mol. The van der Waals surface area contributed by atoms with Crippen LogP contribution in [0, 0.1) is 5.82 Å². The third-order valence-electron chi connectivity index (χ3n) is 4.22. The minimum Gasteiger partial charge on any atom is -0.496 e. The van der Waals surface area contributed by atoms with Gasteiger partial charge in [-0.3, -0.25) is 0 Å². The lowest BCUT2D eigenvalue weighted by Crippen LogP contribution is -2.18. The van der Waals surface area contributed by atoms with Crippen LogP contribution in [0.4, 0.5) is 4.39 Å². The molecule has 1 atom stereocenters. The second-order valence-electron chi connectivity index (χ2n) is 6.97. The Kier molecular flexibility index (Phi) is 5.42. The minimum atomic E-state index is -0.217. The van der Waals surface area contributed by atoms with E-state index in [0.29, 0.717) is 6.54 Å². The highest BCUT2D eigenvalue weighted by Crippen LogP contribution is 2.33. The van der Waals surface area contributed by atoms with Crippen LogP contribution in [0.25, 0.3) is 0 Å². The molecule has 2 nitrogen and oxygen atoms in total. The van der Waals surface area contributed by atoms with Crippen molar-refractivity contribution in [3.8, 4) is 5.75 Å². The molecule has 23 heavy (non-hydrogen) atoms. The van der Waals surface area contributed by atoms with Gasteiger partial charge in [-0.05, 0) is 53.3 Å². The van der Waals surface area contributed by atoms with Gasteiger partial charge >= 0.3 is 0 Å². The number of hydrogen-bond donors (Lipinski definition) is 1. The van der Waals surface area contributed by atoms with Crippen LogP contribution in [0.3, 0.4) is 0 Å². The van der Waals surface area contributed by atoms with Gasteiger partial charge in [0.1, 0.15) is 11.6 Å². The molecule has 2 rings (SSSR count). The molecule has 2 aromatic rings. The van der Waals surface area contributed by atoms with Crippen LogP contribution in [-0.2, 0) is 11.8 Å². The summed E-state index contributed by atoms with van der Waals surface area (Å²) in [5.41, 5.74) is 9.55. The summed E-state index contributed by atoms with van der Waals surface area (Å²) in [6, 6.07) is 12.9. The molecule has 0 bridgehead atoms. The molecule has 0 aliphatic carbocycles. The van der Waals surface area contributed by atoms with Crippen molar-refractivity contribution in [2.45, 2.75) is 38.5 Å². The molecule has 2 N–H and O–H groups in total. The zero-order valence-electron chi connectivity index (χ0n) is 14.4. The van der Waals surface area contributed by atoms with Gasteiger partial charge in [0.05, 0.1) is 7.11 Å². The number of rotatable bonds is 5. The van der Waals surface area contributed by atoms with Crippen molar-refractivity contribution in [1.82, 2.24) is 0 Å². The van der Waals surface area contributed by atoms with Crippen molar-refractivity contribution in [2.24, 2.45) is 5.73 Å². The van der Waals surface area contributed by atoms with Gasteiger partial charge in [0.2, 0.25) is 0 Å². The third-order valence-corrected chi connectivity index (χ3v) is 4.22. The number of hydrogen-bond acceptors (Lipinski definition) is 2. The van der Waals surface area contributed by atoms with Gasteiger partial charge in [-0.25, -0.2) is 4.39 Å². The lowest BCUT2D eigenvalue weighted by atomic mass is 9.83. The van der Waals surface area contributed by atoms with E-state index < -0.39 is 0 Å². The molecule has 0 aliphatic rings. The Morgan fingerprint density at radius 2 is 1.74 bits per heavy atom. The van der Waals surface area contributed by atoms with Crippen LogP contribution < -0.4 is 10.5 Å². The third kappa shape index (κ3) is 4.32. The average molecular weight is 315 g/mol. The van der Waals surface area contributed by atoms with Gasteiger partial charge in [0.25, 0.3) is 0 Å². The molecule has 0 radical (unpaired) electrons. The summed E-state index contributed by atoms with van der Waals surface area (Å²) in [6.45, 7) is 7.09. The monoisotopic (exact) mass is 315 g/mol. The van der Waals surface area contributed by atoms with Gasteiger partial charge in [0.15, 0.2) is 0 Å². The summed E-state index contributed by atoms with van der Waals surface area (Å²) in [7, 11) is 1.68. The maximum absolute atomic E-state index is 13.1. The number of halogens is 1. The van der Waals surface area contributed by atoms with Crippen molar-refractivity contribution in [1.29, 1.82) is 0 Å². The van der Waals surface area contributed by atoms with Gasteiger partial charge in [-0.1, -0.05) is 45.0 Å². The molecular formula is C20H26FNO. The van der Waals surface area contributed by atoms with Gasteiger partial charge in [-0.2, -0.15) is 0 Å². The Morgan fingerprint density at radius 3 is 2.26 bits per heavy atom. The van der Waals surface area contributed by atoms with E-state index in [4.69, 9.17) is 10.5 Å². The van der Waals surface area contributed by atoms with E-state index in [-0.39, 0.29) is 17.2 Å². The first kappa shape index (κ1) is 17.5. The fraction of sp³-hybridized carbons (Fsp3) is 0.400. The largest absolute Gasteiger partial charge is 0.496 e. The van der Waals surface area contributed by atoms with E-state index >= 15 is 0 Å². The molecular weight excluding hydrogens is 289 g/mol. The molecule has 0 aliphatic heterocycles. The van der Waals surface area contributed by atoms with Gasteiger partial charge in [-0.15, -0.1) is 0 Å². The normalized spacial score (nSPS) is 13.0. The van der Waals surface area contributed by atoms with E-state index in [1.165, 1.54) is 17.7 Å². The van der Waals surface area contributed by atoms with Crippen molar-refractivity contribution in [3.63, 3.8) is 0 Å². The second-order valence-corrected chi connectivity index (χ2v) is 6.97. The highest BCUT2D eigenvalue weighted by Gasteiger charge is 2.20. The average Bonchev–Trinajstić information content (AvgIpc) is 2.53. The summed E-state index contributed by atoms with van der Waals surface area (Å²) in [4.78, 5) is 0. The van der Waals surface area contributed by atoms with Crippen LogP contribution in [0.1, 0.15) is 43.4 Å². The molecule has 0 saturated heterocycles. The van der Waals surface area contributed by atoms with Gasteiger partial charge in [0, 0.05) is 5.92 Å². The lowest BCUT2D eigenvalue weighted by molar-refractivity contribution is 0.404. The first-order valence-corrected chi connectivity index (χ1v) is 7.98. The van der Waals surface area contributed by atoms with E-state index in [0.717, 1.165) is 23.3 Å². The molecule has 0 aromatic heterocycles. The molecule has 0 heterocycles. The summed E-state index contributed by atoms with van der Waals surface area (Å²) in [5, 5.41) is 0. The molecule has 0 saturated carbocycles. The number of benzene rings is 2. The summed E-state index contributed by atoms with van der Waals surface area (Å²) >= 11 is 0. The highest BCUT2D eigenvalue weighted by atomic mass is 19.1. The van der Waals surface area contributed by atoms with Gasteiger partial charge < -0.3 is 10.5 Å². The zero-order chi connectivity index (χ0) is 17.0. The Balaban J connectivity index is 2.37. The van der Waals surface area contributed by atoms with E-state index in [2.05, 4.69) is 32.9 Å². The van der Waals surface area contributed by atoms with Crippen molar-refractivity contribution in [3.05, 3.63) is 65.0 Å². The Hall–Kier alpha value is -1.87. The van der Waals surface area contributed by atoms with Crippen LogP contribution >= 0.6 is 0 Å². The van der Waals surface area contributed by atoms with Crippen LogP contribution in [-0.4, -0.2) is 13.7 Å². The second kappa shape index (κ2) is 7.14. The molecule has 3 heteroatoms. The van der Waals surface area contributed by atoms with E-state index in [1.807, 2.05) is 18.2 Å². The number of nitrogens with two attached hydrogens (primary N) is 1. The predicted octanol–water partition coefficient (Wildman–Crippen LogP) is 4.42. The number of ether oxygens (including phenoxy) is 1. The molecule has 0 amide bonds. The lowest BCUT2D eigenvalue weighted by Gasteiger charge is -2.24. The first-order valence-electron chi connectivity index (χ1n) is 7.98. The fourth-order valence-corrected chi connectivity index (χ4v) is 2.75. The standard InChI is InChI=1S/C20H26FNO/c1-20(2,3)16-7-10-19(23-4)18(12-16)15(13-22)11-14-5-8-17(21)9-6-14/h5-10,12,15H,11,13,22H2,1-4H3. The SMILES string of the molecule is COc1ccc(C(C)(C)C)cc1C(CN)Cc1ccc(F)cc1. The van der Waals surface area contributed by atoms with E-state index in [1.54, 1.807) is 7.11 Å². The van der Waals surface area contributed by atoms with Crippen molar-refractivity contribution < 1.29 is 9.13 Å². The molecule has 0 fully saturated rings. The van der Waals surface area contributed by atoms with Crippen LogP contribution in [0.15, 0.2) is 42.5 Å². The molecule has 124 valence electrons. The Labute approximate surface area is 138 Å². The smallest absolute Gasteiger partial charge is 0.123 e. The molecule has 0 spiro atoms. The molecule has 1 unspecified atom stereocenters. The van der Waals surface area contributed by atoms with E-state index in [9.17, 15) is 4.39 Å². The molecule has 2 aromatic carbocycles. The maximum atomic E-state index is 13.1. The Morgan fingerprint density at radius 1 is 1.09 bits per heavy atom. The van der Waals surface area contributed by atoms with Crippen molar-refractivity contribution >= 4 is 0 Å². The summed E-state index contributed by atoms with van der Waals surface area (Å²) in [6.07, 6.45) is 0.765. The maximum Gasteiger partial charge on any atom is 0.123 e. The highest BCUT2D eigenvalue weighted by molar-refractivity contribution is 5.43. The summed E-state index contributed by atoms with van der Waals surface area (Å²) in [5.74, 6) is 0.777. The quantitative estimate of drug-likeness (QED) is 0.886. The van der Waals surface area contributed by atoms with Crippen LogP contribution in [0.2, 0.25) is 0 Å². The topological polar surface area (TPSA) is 35.2 Å². The summed E-state index contributed by atoms with van der Waals surface area (Å²) < 4.78 is 18.6. The first-order chi connectivity index (χ1) is 10.8. The van der Waals surface area contributed by atoms with Crippen LogP contribution in [0.5, 0.6) is 5.75 Å². The fourth-order valence-electron chi connectivity index (χ4n) is 2.75. The number of methoxy groups -OCH3 is 1.